The van der Waals surface area contributed by atoms with E-state index in [0.29, 0.717) is 12.0 Å². The molecule has 0 fully saturated rings. The summed E-state index contributed by atoms with van der Waals surface area (Å²) in [6.07, 6.45) is 1.19. The number of aryl methyl sites for hydroxylation is 1. The standard InChI is InChI=1S/C13H21N/c1-10-6-5-7-13(8-10)11(2)9-12(3)14-4/h5-8,11-12,14H,9H2,1-4H3. The zero-order valence-corrected chi connectivity index (χ0v) is 9.67. The molecular weight excluding hydrogens is 170 g/mol. The highest BCUT2D eigenvalue weighted by molar-refractivity contribution is 5.25. The number of nitrogens with one attached hydrogen (secondary N) is 1. The minimum Gasteiger partial charge on any atom is -0.317 e. The second-order valence-corrected chi connectivity index (χ2v) is 4.24. The third kappa shape index (κ3) is 3.15. The Kier molecular flexibility index (Phi) is 4.15. The second kappa shape index (κ2) is 5.16. The number of benzene rings is 1. The van der Waals surface area contributed by atoms with E-state index in [-0.39, 0.29) is 0 Å². The predicted octanol–water partition coefficient (Wildman–Crippen LogP) is 3.10. The molecule has 78 valence electrons. The molecule has 14 heavy (non-hydrogen) atoms. The van der Waals surface area contributed by atoms with Crippen molar-refractivity contribution < 1.29 is 0 Å². The first-order valence-electron chi connectivity index (χ1n) is 5.37. The Morgan fingerprint density at radius 3 is 2.57 bits per heavy atom. The molecule has 0 radical (unpaired) electrons. The fourth-order valence-electron chi connectivity index (χ4n) is 1.76. The molecule has 0 aromatic heterocycles. The lowest BCUT2D eigenvalue weighted by molar-refractivity contribution is 0.516. The summed E-state index contributed by atoms with van der Waals surface area (Å²) in [5.41, 5.74) is 2.80. The van der Waals surface area contributed by atoms with E-state index in [1.807, 2.05) is 7.05 Å². The van der Waals surface area contributed by atoms with Gasteiger partial charge in [0.25, 0.3) is 0 Å². The van der Waals surface area contributed by atoms with Crippen molar-refractivity contribution in [3.05, 3.63) is 35.4 Å². The van der Waals surface area contributed by atoms with E-state index in [0.717, 1.165) is 0 Å². The molecule has 0 aliphatic rings. The van der Waals surface area contributed by atoms with Crippen LogP contribution < -0.4 is 5.32 Å². The van der Waals surface area contributed by atoms with Gasteiger partial charge in [-0.15, -0.1) is 0 Å². The normalized spacial score (nSPS) is 15.1. The smallest absolute Gasteiger partial charge is 0.00414 e. The van der Waals surface area contributed by atoms with Crippen molar-refractivity contribution in [3.63, 3.8) is 0 Å². The lowest BCUT2D eigenvalue weighted by atomic mass is 9.93. The molecule has 0 aliphatic carbocycles. The van der Waals surface area contributed by atoms with Gasteiger partial charge in [0, 0.05) is 6.04 Å². The average Bonchev–Trinajstić information content (AvgIpc) is 2.17. The van der Waals surface area contributed by atoms with Crippen LogP contribution in [0, 0.1) is 6.92 Å². The maximum atomic E-state index is 3.28. The quantitative estimate of drug-likeness (QED) is 0.771. The molecular formula is C13H21N. The number of hydrogen-bond acceptors (Lipinski definition) is 1. The summed E-state index contributed by atoms with van der Waals surface area (Å²) in [5.74, 6) is 0.636. The maximum absolute atomic E-state index is 3.28. The van der Waals surface area contributed by atoms with Gasteiger partial charge in [-0.1, -0.05) is 36.8 Å². The van der Waals surface area contributed by atoms with Crippen LogP contribution in [-0.2, 0) is 0 Å². The van der Waals surface area contributed by atoms with Crippen molar-refractivity contribution >= 4 is 0 Å². The van der Waals surface area contributed by atoms with Gasteiger partial charge < -0.3 is 5.32 Å². The highest BCUT2D eigenvalue weighted by Crippen LogP contribution is 2.21. The summed E-state index contributed by atoms with van der Waals surface area (Å²) in [6.45, 7) is 6.67. The molecule has 0 heterocycles. The SMILES string of the molecule is CNC(C)CC(C)c1cccc(C)c1. The average molecular weight is 191 g/mol. The van der Waals surface area contributed by atoms with Gasteiger partial charge in [-0.25, -0.2) is 0 Å². The van der Waals surface area contributed by atoms with Gasteiger partial charge in [0.05, 0.1) is 0 Å². The Balaban J connectivity index is 2.64. The molecule has 0 amide bonds. The first-order chi connectivity index (χ1) is 6.63. The lowest BCUT2D eigenvalue weighted by Crippen LogP contribution is -2.22. The van der Waals surface area contributed by atoms with Crippen molar-refractivity contribution in [3.8, 4) is 0 Å². The molecule has 0 bridgehead atoms. The van der Waals surface area contributed by atoms with Gasteiger partial charge in [0.15, 0.2) is 0 Å². The van der Waals surface area contributed by atoms with E-state index in [1.54, 1.807) is 0 Å². The van der Waals surface area contributed by atoms with Crippen LogP contribution in [0.5, 0.6) is 0 Å². The summed E-state index contributed by atoms with van der Waals surface area (Å²) >= 11 is 0. The van der Waals surface area contributed by atoms with E-state index < -0.39 is 0 Å². The molecule has 1 N–H and O–H groups in total. The van der Waals surface area contributed by atoms with Crippen LogP contribution in [0.1, 0.15) is 37.3 Å². The summed E-state index contributed by atoms with van der Waals surface area (Å²) in [6, 6.07) is 9.39. The highest BCUT2D eigenvalue weighted by Gasteiger charge is 2.08. The molecule has 2 unspecified atom stereocenters. The van der Waals surface area contributed by atoms with Crippen molar-refractivity contribution in [2.75, 3.05) is 7.05 Å². The van der Waals surface area contributed by atoms with E-state index in [2.05, 4.69) is 50.4 Å². The summed E-state index contributed by atoms with van der Waals surface area (Å²) < 4.78 is 0. The molecule has 1 rings (SSSR count). The van der Waals surface area contributed by atoms with Gasteiger partial charge in [-0.05, 0) is 38.8 Å². The largest absolute Gasteiger partial charge is 0.317 e. The predicted molar refractivity (Wildman–Crippen MR) is 62.7 cm³/mol. The molecule has 1 heteroatoms. The highest BCUT2D eigenvalue weighted by atomic mass is 14.8. The van der Waals surface area contributed by atoms with E-state index in [4.69, 9.17) is 0 Å². The Morgan fingerprint density at radius 1 is 1.29 bits per heavy atom. The molecule has 0 aliphatic heterocycles. The van der Waals surface area contributed by atoms with Gasteiger partial charge >= 0.3 is 0 Å². The van der Waals surface area contributed by atoms with Crippen LogP contribution in [0.25, 0.3) is 0 Å². The topological polar surface area (TPSA) is 12.0 Å². The van der Waals surface area contributed by atoms with E-state index >= 15 is 0 Å². The Morgan fingerprint density at radius 2 is 2.00 bits per heavy atom. The van der Waals surface area contributed by atoms with Crippen LogP contribution >= 0.6 is 0 Å². The zero-order chi connectivity index (χ0) is 10.6. The molecule has 1 nitrogen and oxygen atoms in total. The Labute approximate surface area is 87.5 Å². The van der Waals surface area contributed by atoms with Gasteiger partial charge in [-0.2, -0.15) is 0 Å². The monoisotopic (exact) mass is 191 g/mol. The van der Waals surface area contributed by atoms with Crippen molar-refractivity contribution in [2.24, 2.45) is 0 Å². The van der Waals surface area contributed by atoms with Gasteiger partial charge in [-0.3, -0.25) is 0 Å². The Bertz CT molecular complexity index is 280. The minimum absolute atomic E-state index is 0.588. The van der Waals surface area contributed by atoms with Crippen molar-refractivity contribution in [1.29, 1.82) is 0 Å². The lowest BCUT2D eigenvalue weighted by Gasteiger charge is -2.17. The molecule has 1 aromatic rings. The molecule has 0 spiro atoms. The first-order valence-corrected chi connectivity index (χ1v) is 5.37. The maximum Gasteiger partial charge on any atom is 0.00414 e. The number of hydrogen-bond donors (Lipinski definition) is 1. The molecule has 0 saturated heterocycles. The summed E-state index contributed by atoms with van der Waals surface area (Å²) in [5, 5.41) is 3.28. The van der Waals surface area contributed by atoms with Crippen molar-refractivity contribution in [2.45, 2.75) is 39.2 Å². The first kappa shape index (κ1) is 11.3. The van der Waals surface area contributed by atoms with E-state index in [1.165, 1.54) is 17.5 Å². The molecule has 1 aromatic carbocycles. The Hall–Kier alpha value is -0.820. The fraction of sp³-hybridized carbons (Fsp3) is 0.538. The molecule has 2 atom stereocenters. The molecule has 0 saturated carbocycles. The zero-order valence-electron chi connectivity index (χ0n) is 9.67. The summed E-state index contributed by atoms with van der Waals surface area (Å²) in [7, 11) is 2.02. The van der Waals surface area contributed by atoms with Crippen molar-refractivity contribution in [1.82, 2.24) is 5.32 Å². The van der Waals surface area contributed by atoms with Crippen LogP contribution in [-0.4, -0.2) is 13.1 Å². The van der Waals surface area contributed by atoms with Crippen LogP contribution in [0.4, 0.5) is 0 Å². The third-order valence-electron chi connectivity index (χ3n) is 2.81. The second-order valence-electron chi connectivity index (χ2n) is 4.24. The number of rotatable bonds is 4. The van der Waals surface area contributed by atoms with Crippen LogP contribution in [0.3, 0.4) is 0 Å². The summed E-state index contributed by atoms with van der Waals surface area (Å²) in [4.78, 5) is 0. The third-order valence-corrected chi connectivity index (χ3v) is 2.81. The fourth-order valence-corrected chi connectivity index (χ4v) is 1.76. The van der Waals surface area contributed by atoms with Crippen LogP contribution in [0.15, 0.2) is 24.3 Å². The van der Waals surface area contributed by atoms with Gasteiger partial charge in [0.2, 0.25) is 0 Å². The van der Waals surface area contributed by atoms with Crippen LogP contribution in [0.2, 0.25) is 0 Å². The van der Waals surface area contributed by atoms with Gasteiger partial charge in [0.1, 0.15) is 0 Å². The minimum atomic E-state index is 0.588. The van der Waals surface area contributed by atoms with E-state index in [9.17, 15) is 0 Å².